The number of aromatic amines is 1. The number of rotatable bonds is 5. The molecule has 0 aliphatic carbocycles. The van der Waals surface area contributed by atoms with E-state index in [-0.39, 0.29) is 28.3 Å². The van der Waals surface area contributed by atoms with Gasteiger partial charge in [0.05, 0.1) is 18.3 Å². The molecule has 1 aromatic carbocycles. The quantitative estimate of drug-likeness (QED) is 0.407. The molecule has 4 aromatic rings. The van der Waals surface area contributed by atoms with Crippen LogP contribution in [-0.2, 0) is 4.79 Å². The van der Waals surface area contributed by atoms with E-state index in [9.17, 15) is 18.7 Å². The molecule has 2 bridgehead atoms. The van der Waals surface area contributed by atoms with Crippen molar-refractivity contribution in [1.29, 1.82) is 0 Å². The van der Waals surface area contributed by atoms with Gasteiger partial charge in [-0.25, -0.2) is 18.7 Å². The van der Waals surface area contributed by atoms with Gasteiger partial charge in [-0.05, 0) is 37.0 Å². The third kappa shape index (κ3) is 3.39. The Hall–Kier alpha value is -3.86. The van der Waals surface area contributed by atoms with Crippen molar-refractivity contribution in [3.05, 3.63) is 48.2 Å². The van der Waals surface area contributed by atoms with Crippen LogP contribution in [0.2, 0.25) is 0 Å². The van der Waals surface area contributed by atoms with Crippen molar-refractivity contribution in [2.45, 2.75) is 19.0 Å². The van der Waals surface area contributed by atoms with Crippen molar-refractivity contribution in [2.75, 3.05) is 18.4 Å². The molecular formula is C23H20F2N6O3. The molecule has 0 saturated carbocycles. The lowest BCUT2D eigenvalue weighted by Crippen LogP contribution is -2.60. The number of piperidine rings is 3. The van der Waals surface area contributed by atoms with Gasteiger partial charge in [-0.15, -0.1) is 0 Å². The van der Waals surface area contributed by atoms with Gasteiger partial charge in [-0.1, -0.05) is 0 Å². The van der Waals surface area contributed by atoms with Gasteiger partial charge >= 0.3 is 5.97 Å². The number of nitrogens with zero attached hydrogens (tertiary/aromatic N) is 4. The number of aliphatic carboxylic acids is 1. The van der Waals surface area contributed by atoms with Crippen LogP contribution in [0.1, 0.15) is 12.8 Å². The van der Waals surface area contributed by atoms with Crippen LogP contribution in [0.4, 0.5) is 14.6 Å². The Kier molecular flexibility index (Phi) is 4.80. The van der Waals surface area contributed by atoms with Gasteiger partial charge in [-0.3, -0.25) is 14.8 Å². The molecule has 11 heteroatoms. The molecule has 2 unspecified atom stereocenters. The first-order valence-electron chi connectivity index (χ1n) is 11.0. The normalized spacial score (nSPS) is 23.9. The maximum Gasteiger partial charge on any atom is 0.310 e. The number of furan rings is 1. The van der Waals surface area contributed by atoms with E-state index < -0.39 is 29.7 Å². The zero-order valence-electron chi connectivity index (χ0n) is 17.8. The minimum absolute atomic E-state index is 0.0282. The van der Waals surface area contributed by atoms with Crippen LogP contribution < -0.4 is 5.32 Å². The van der Waals surface area contributed by atoms with E-state index in [4.69, 9.17) is 4.42 Å². The summed E-state index contributed by atoms with van der Waals surface area (Å²) in [6, 6.07) is 7.04. The van der Waals surface area contributed by atoms with Crippen molar-refractivity contribution >= 4 is 22.7 Å². The molecule has 0 amide bonds. The first-order chi connectivity index (χ1) is 16.5. The van der Waals surface area contributed by atoms with Crippen LogP contribution >= 0.6 is 0 Å². The number of hydrogen-bond donors (Lipinski definition) is 3. The van der Waals surface area contributed by atoms with Gasteiger partial charge in [0.25, 0.3) is 0 Å². The molecule has 7 rings (SSSR count). The molecule has 2 atom stereocenters. The average Bonchev–Trinajstić information content (AvgIpc) is 3.50. The Balaban J connectivity index is 1.46. The Labute approximate surface area is 191 Å². The maximum atomic E-state index is 14.2. The molecular weight excluding hydrogens is 446 g/mol. The first-order valence-corrected chi connectivity index (χ1v) is 11.0. The highest BCUT2D eigenvalue weighted by Crippen LogP contribution is 2.38. The molecule has 6 heterocycles. The number of carboxylic acid groups (broad SMARTS) is 1. The van der Waals surface area contributed by atoms with Gasteiger partial charge in [0, 0.05) is 30.6 Å². The van der Waals surface area contributed by atoms with Crippen molar-refractivity contribution in [3.8, 4) is 23.0 Å². The monoisotopic (exact) mass is 466 g/mol. The van der Waals surface area contributed by atoms with Gasteiger partial charge < -0.3 is 14.8 Å². The van der Waals surface area contributed by atoms with Crippen LogP contribution in [0.15, 0.2) is 41.0 Å². The lowest BCUT2D eigenvalue weighted by molar-refractivity contribution is -0.151. The SMILES string of the molecule is O=C(O)C1C2CCN(CC2)C1Nc1cc(-c2ccco2)nc(-c2[nH]nc3c(F)cc(F)cc23)n1. The molecule has 3 aromatic heterocycles. The molecule has 3 N–H and O–H groups in total. The van der Waals surface area contributed by atoms with E-state index >= 15 is 0 Å². The van der Waals surface area contributed by atoms with Crippen LogP contribution in [-0.4, -0.2) is 55.4 Å². The summed E-state index contributed by atoms with van der Waals surface area (Å²) in [6.45, 7) is 1.61. The van der Waals surface area contributed by atoms with Gasteiger partial charge in [0.1, 0.15) is 28.5 Å². The molecule has 3 saturated heterocycles. The average molecular weight is 466 g/mol. The number of fused-ring (bicyclic) bond motifs is 4. The second kappa shape index (κ2) is 7.87. The summed E-state index contributed by atoms with van der Waals surface area (Å²) in [6.07, 6.45) is 2.76. The number of hydrogen-bond acceptors (Lipinski definition) is 7. The molecule has 34 heavy (non-hydrogen) atoms. The lowest BCUT2D eigenvalue weighted by Gasteiger charge is -2.49. The summed E-state index contributed by atoms with van der Waals surface area (Å²) in [5.41, 5.74) is 0.643. The highest BCUT2D eigenvalue weighted by Gasteiger charge is 2.46. The highest BCUT2D eigenvalue weighted by molar-refractivity contribution is 5.92. The largest absolute Gasteiger partial charge is 0.481 e. The van der Waals surface area contributed by atoms with Gasteiger partial charge in [0.2, 0.25) is 0 Å². The zero-order valence-corrected chi connectivity index (χ0v) is 17.8. The third-order valence-corrected chi connectivity index (χ3v) is 6.70. The van der Waals surface area contributed by atoms with E-state index in [1.807, 2.05) is 0 Å². The lowest BCUT2D eigenvalue weighted by atomic mass is 9.76. The first kappa shape index (κ1) is 20.7. The van der Waals surface area contributed by atoms with Crippen LogP contribution in [0.5, 0.6) is 0 Å². The summed E-state index contributed by atoms with van der Waals surface area (Å²) in [7, 11) is 0. The molecule has 3 aliphatic heterocycles. The number of carboxylic acids is 1. The molecule has 174 valence electrons. The predicted octanol–water partition coefficient (Wildman–Crippen LogP) is 3.72. The number of carbonyl (C=O) groups is 1. The topological polar surface area (TPSA) is 120 Å². The van der Waals surface area contributed by atoms with Gasteiger partial charge in [-0.2, -0.15) is 5.10 Å². The summed E-state index contributed by atoms with van der Waals surface area (Å²) < 4.78 is 33.7. The van der Waals surface area contributed by atoms with E-state index in [2.05, 4.69) is 30.4 Å². The third-order valence-electron chi connectivity index (χ3n) is 6.70. The summed E-state index contributed by atoms with van der Waals surface area (Å²) in [4.78, 5) is 23.3. The van der Waals surface area contributed by atoms with E-state index in [1.165, 1.54) is 12.3 Å². The molecule has 9 nitrogen and oxygen atoms in total. The standard InChI is InChI=1S/C23H20F2N6O3/c24-12-8-13-19(14(25)9-12)29-30-20(13)21-26-15(16-2-1-7-34-16)10-17(27-21)28-22-18(23(32)33)11-3-5-31(22)6-4-11/h1-2,7-11,18,22H,3-6H2,(H,29,30)(H,32,33)(H,26,27,28). The van der Waals surface area contributed by atoms with Crippen LogP contribution in [0.25, 0.3) is 33.9 Å². The number of nitrogens with one attached hydrogen (secondary N) is 2. The minimum atomic E-state index is -0.849. The van der Waals surface area contributed by atoms with Gasteiger partial charge in [0.15, 0.2) is 17.4 Å². The fourth-order valence-corrected chi connectivity index (χ4v) is 5.11. The van der Waals surface area contributed by atoms with Crippen molar-refractivity contribution < 1.29 is 23.1 Å². The smallest absolute Gasteiger partial charge is 0.310 e. The number of anilines is 1. The van der Waals surface area contributed by atoms with E-state index in [1.54, 1.807) is 18.2 Å². The number of halogens is 2. The number of aromatic nitrogens is 4. The zero-order chi connectivity index (χ0) is 23.4. The summed E-state index contributed by atoms with van der Waals surface area (Å²) >= 11 is 0. The van der Waals surface area contributed by atoms with Crippen molar-refractivity contribution in [1.82, 2.24) is 25.1 Å². The Bertz CT molecular complexity index is 1380. The van der Waals surface area contributed by atoms with E-state index in [0.717, 1.165) is 32.0 Å². The maximum absolute atomic E-state index is 14.2. The minimum Gasteiger partial charge on any atom is -0.481 e. The molecule has 0 radical (unpaired) electrons. The predicted molar refractivity (Wildman–Crippen MR) is 118 cm³/mol. The van der Waals surface area contributed by atoms with Crippen molar-refractivity contribution in [2.24, 2.45) is 11.8 Å². The molecule has 3 aliphatic rings. The fraction of sp³-hybridized carbons (Fsp3) is 0.304. The van der Waals surface area contributed by atoms with E-state index in [0.29, 0.717) is 17.3 Å². The Morgan fingerprint density at radius 1 is 1.21 bits per heavy atom. The summed E-state index contributed by atoms with van der Waals surface area (Å²) in [5.74, 6) is -1.90. The molecule has 0 spiro atoms. The second-order valence-electron chi connectivity index (χ2n) is 8.65. The highest BCUT2D eigenvalue weighted by atomic mass is 19.1. The second-order valence-corrected chi connectivity index (χ2v) is 8.65. The molecule has 3 fully saturated rings. The van der Waals surface area contributed by atoms with Crippen molar-refractivity contribution in [3.63, 3.8) is 0 Å². The number of benzene rings is 1. The van der Waals surface area contributed by atoms with Crippen LogP contribution in [0.3, 0.4) is 0 Å². The number of H-pyrrole nitrogens is 1. The Morgan fingerprint density at radius 2 is 2.03 bits per heavy atom. The summed E-state index contributed by atoms with van der Waals surface area (Å²) in [5, 5.41) is 20.1. The fourth-order valence-electron chi connectivity index (χ4n) is 5.11. The Morgan fingerprint density at radius 3 is 2.76 bits per heavy atom. The van der Waals surface area contributed by atoms with Crippen LogP contribution in [0, 0.1) is 23.5 Å².